The molecular formula is C19H18N2O5. The molecule has 0 saturated heterocycles. The lowest BCUT2D eigenvalue weighted by Gasteiger charge is -2.34. The number of benzene rings is 2. The van der Waals surface area contributed by atoms with E-state index in [1.165, 1.54) is 23.1 Å². The van der Waals surface area contributed by atoms with Gasteiger partial charge in [-0.1, -0.05) is 30.3 Å². The van der Waals surface area contributed by atoms with Gasteiger partial charge in [-0.15, -0.1) is 0 Å². The van der Waals surface area contributed by atoms with Gasteiger partial charge in [-0.05, 0) is 36.5 Å². The van der Waals surface area contributed by atoms with Crippen molar-refractivity contribution >= 4 is 23.3 Å². The van der Waals surface area contributed by atoms with Crippen molar-refractivity contribution in [2.24, 2.45) is 0 Å². The molecule has 26 heavy (non-hydrogen) atoms. The second-order valence-electron chi connectivity index (χ2n) is 6.21. The third-order valence-corrected chi connectivity index (χ3v) is 4.56. The predicted molar refractivity (Wildman–Crippen MR) is 95.1 cm³/mol. The lowest BCUT2D eigenvalue weighted by molar-refractivity contribution is -0.384. The number of aryl methyl sites for hydroxylation is 2. The number of carboxylic acid groups (broad SMARTS) is 1. The molecule has 1 aliphatic heterocycles. The van der Waals surface area contributed by atoms with Crippen LogP contribution in [0.1, 0.15) is 24.0 Å². The maximum absolute atomic E-state index is 12.5. The zero-order valence-electron chi connectivity index (χ0n) is 14.0. The van der Waals surface area contributed by atoms with E-state index in [1.807, 2.05) is 30.3 Å². The van der Waals surface area contributed by atoms with Crippen LogP contribution in [0.3, 0.4) is 0 Å². The van der Waals surface area contributed by atoms with Crippen LogP contribution in [0, 0.1) is 10.1 Å². The molecular weight excluding hydrogens is 336 g/mol. The van der Waals surface area contributed by atoms with Gasteiger partial charge in [0.1, 0.15) is 6.04 Å². The first kappa shape index (κ1) is 17.6. The third kappa shape index (κ3) is 3.56. The Hall–Kier alpha value is -3.22. The van der Waals surface area contributed by atoms with Crippen molar-refractivity contribution in [3.8, 4) is 0 Å². The first-order valence-corrected chi connectivity index (χ1v) is 8.33. The molecule has 0 saturated carbocycles. The second kappa shape index (κ2) is 7.35. The number of carbonyl (C=O) groups excluding carboxylic acids is 1. The monoisotopic (exact) mass is 354 g/mol. The molecule has 1 atom stereocenters. The van der Waals surface area contributed by atoms with Crippen LogP contribution in [0.5, 0.6) is 0 Å². The van der Waals surface area contributed by atoms with E-state index in [0.717, 1.165) is 5.56 Å². The van der Waals surface area contributed by atoms with Crippen molar-refractivity contribution in [1.82, 2.24) is 0 Å². The molecule has 2 aromatic rings. The van der Waals surface area contributed by atoms with E-state index in [-0.39, 0.29) is 24.4 Å². The topological polar surface area (TPSA) is 101 Å². The number of rotatable bonds is 6. The fraction of sp³-hybridized carbons (Fsp3) is 0.263. The summed E-state index contributed by atoms with van der Waals surface area (Å²) in [7, 11) is 0. The van der Waals surface area contributed by atoms with Gasteiger partial charge in [0.2, 0.25) is 5.91 Å². The predicted octanol–water partition coefficient (Wildman–Crippen LogP) is 2.96. The number of nitro benzene ring substituents is 1. The summed E-state index contributed by atoms with van der Waals surface area (Å²) in [6.45, 7) is 0. The molecule has 0 spiro atoms. The molecule has 1 aliphatic rings. The summed E-state index contributed by atoms with van der Waals surface area (Å²) in [6.07, 6.45) is 1.30. The summed E-state index contributed by atoms with van der Waals surface area (Å²) < 4.78 is 0. The molecule has 7 nitrogen and oxygen atoms in total. The molecule has 134 valence electrons. The molecule has 1 N–H and O–H groups in total. The van der Waals surface area contributed by atoms with Gasteiger partial charge in [0.05, 0.1) is 4.92 Å². The Bertz CT molecular complexity index is 850. The molecule has 0 fully saturated rings. The van der Waals surface area contributed by atoms with Gasteiger partial charge in [0, 0.05) is 24.2 Å². The zero-order valence-corrected chi connectivity index (χ0v) is 14.0. The van der Waals surface area contributed by atoms with E-state index >= 15 is 0 Å². The van der Waals surface area contributed by atoms with Gasteiger partial charge >= 0.3 is 5.97 Å². The highest BCUT2D eigenvalue weighted by Gasteiger charge is 2.35. The Morgan fingerprint density at radius 3 is 2.58 bits per heavy atom. The molecule has 0 radical (unpaired) electrons. The molecule has 1 unspecified atom stereocenters. The largest absolute Gasteiger partial charge is 0.480 e. The molecule has 3 rings (SSSR count). The Labute approximate surface area is 150 Å². The van der Waals surface area contributed by atoms with E-state index in [1.54, 1.807) is 0 Å². The normalized spacial score (nSPS) is 14.6. The van der Waals surface area contributed by atoms with Crippen LogP contribution in [0.4, 0.5) is 11.4 Å². The molecule has 1 heterocycles. The lowest BCUT2D eigenvalue weighted by Crippen LogP contribution is -2.47. The summed E-state index contributed by atoms with van der Waals surface area (Å²) in [6, 6.07) is 12.7. The molecule has 0 aromatic heterocycles. The minimum atomic E-state index is -1.08. The molecule has 7 heteroatoms. The maximum atomic E-state index is 12.5. The van der Waals surface area contributed by atoms with Crippen LogP contribution >= 0.6 is 0 Å². The SMILES string of the molecule is O=C(O)C(CCc1ccccc1)N1C(=O)CCc2cc([N+](=O)[O-])ccc21. The Morgan fingerprint density at radius 1 is 1.19 bits per heavy atom. The highest BCUT2D eigenvalue weighted by molar-refractivity contribution is 6.01. The van der Waals surface area contributed by atoms with Crippen LogP contribution in [-0.2, 0) is 22.4 Å². The van der Waals surface area contributed by atoms with E-state index in [0.29, 0.717) is 24.1 Å². The Kier molecular flexibility index (Phi) is 4.97. The number of anilines is 1. The lowest BCUT2D eigenvalue weighted by atomic mass is 9.96. The fourth-order valence-electron chi connectivity index (χ4n) is 3.27. The first-order chi connectivity index (χ1) is 12.5. The fourth-order valence-corrected chi connectivity index (χ4v) is 3.27. The standard InChI is InChI=1S/C19H18N2O5/c22-18-11-7-14-12-15(21(25)26)8-10-16(14)20(18)17(19(23)24)9-6-13-4-2-1-3-5-13/h1-5,8,10,12,17H,6-7,9,11H2,(H,23,24). The van der Waals surface area contributed by atoms with Crippen LogP contribution in [0.2, 0.25) is 0 Å². The quantitative estimate of drug-likeness (QED) is 0.635. The highest BCUT2D eigenvalue weighted by atomic mass is 16.6. The molecule has 0 bridgehead atoms. The number of hydrogen-bond donors (Lipinski definition) is 1. The van der Waals surface area contributed by atoms with Crippen LogP contribution in [0.25, 0.3) is 0 Å². The maximum Gasteiger partial charge on any atom is 0.326 e. The summed E-state index contributed by atoms with van der Waals surface area (Å²) in [4.78, 5) is 36.1. The number of nitrogens with zero attached hydrogens (tertiary/aromatic N) is 2. The van der Waals surface area contributed by atoms with Crippen molar-refractivity contribution in [2.75, 3.05) is 4.90 Å². The van der Waals surface area contributed by atoms with Crippen molar-refractivity contribution in [3.05, 3.63) is 69.8 Å². The number of hydrogen-bond acceptors (Lipinski definition) is 4. The minimum Gasteiger partial charge on any atom is -0.480 e. The van der Waals surface area contributed by atoms with E-state index in [2.05, 4.69) is 0 Å². The number of nitro groups is 1. The van der Waals surface area contributed by atoms with Gasteiger partial charge in [-0.25, -0.2) is 4.79 Å². The van der Waals surface area contributed by atoms with Gasteiger partial charge in [-0.3, -0.25) is 19.8 Å². The van der Waals surface area contributed by atoms with Gasteiger partial charge < -0.3 is 5.11 Å². The van der Waals surface area contributed by atoms with Crippen LogP contribution in [-0.4, -0.2) is 27.9 Å². The molecule has 1 amide bonds. The average molecular weight is 354 g/mol. The third-order valence-electron chi connectivity index (χ3n) is 4.56. The number of carbonyl (C=O) groups is 2. The summed E-state index contributed by atoms with van der Waals surface area (Å²) in [5.74, 6) is -1.35. The Morgan fingerprint density at radius 2 is 1.92 bits per heavy atom. The minimum absolute atomic E-state index is 0.0609. The molecule has 0 aliphatic carbocycles. The smallest absolute Gasteiger partial charge is 0.326 e. The number of carboxylic acids is 1. The number of fused-ring (bicyclic) bond motifs is 1. The van der Waals surface area contributed by atoms with E-state index in [4.69, 9.17) is 0 Å². The number of aliphatic carboxylic acids is 1. The zero-order chi connectivity index (χ0) is 18.7. The van der Waals surface area contributed by atoms with Gasteiger partial charge in [0.15, 0.2) is 0 Å². The molecule has 2 aromatic carbocycles. The van der Waals surface area contributed by atoms with Crippen molar-refractivity contribution in [2.45, 2.75) is 31.7 Å². The van der Waals surface area contributed by atoms with Crippen molar-refractivity contribution < 1.29 is 19.6 Å². The number of amides is 1. The average Bonchev–Trinajstić information content (AvgIpc) is 2.63. The summed E-state index contributed by atoms with van der Waals surface area (Å²) >= 11 is 0. The second-order valence-corrected chi connectivity index (χ2v) is 6.21. The van der Waals surface area contributed by atoms with E-state index in [9.17, 15) is 24.8 Å². The van der Waals surface area contributed by atoms with Crippen molar-refractivity contribution in [3.63, 3.8) is 0 Å². The van der Waals surface area contributed by atoms with Gasteiger partial charge in [-0.2, -0.15) is 0 Å². The van der Waals surface area contributed by atoms with Crippen LogP contribution in [0.15, 0.2) is 48.5 Å². The highest BCUT2D eigenvalue weighted by Crippen LogP contribution is 2.33. The van der Waals surface area contributed by atoms with Gasteiger partial charge in [0.25, 0.3) is 5.69 Å². The number of non-ortho nitro benzene ring substituents is 1. The summed E-state index contributed by atoms with van der Waals surface area (Å²) in [5, 5.41) is 20.7. The van der Waals surface area contributed by atoms with E-state index < -0.39 is 16.9 Å². The van der Waals surface area contributed by atoms with Crippen molar-refractivity contribution in [1.29, 1.82) is 0 Å². The Balaban J connectivity index is 1.90. The van der Waals surface area contributed by atoms with Crippen LogP contribution < -0.4 is 4.90 Å². The summed E-state index contributed by atoms with van der Waals surface area (Å²) in [5.41, 5.74) is 2.01. The first-order valence-electron chi connectivity index (χ1n) is 8.33.